The van der Waals surface area contributed by atoms with Crippen LogP contribution in [-0.4, -0.2) is 39.8 Å². The maximum Gasteiger partial charge on any atom is 0.129 e. The zero-order valence-electron chi connectivity index (χ0n) is 10.6. The average molecular weight is 285 g/mol. The maximum atomic E-state index is 6.20. The Morgan fingerprint density at radius 1 is 1.28 bits per heavy atom. The molecular weight excluding hydrogens is 268 g/mol. The highest BCUT2D eigenvalue weighted by molar-refractivity contribution is 7.00. The molecule has 0 amide bonds. The highest BCUT2D eigenvalue weighted by Gasteiger charge is 2.09. The van der Waals surface area contributed by atoms with E-state index in [4.69, 9.17) is 11.6 Å². The molecule has 0 unspecified atom stereocenters. The number of halogens is 1. The van der Waals surface area contributed by atoms with Crippen LogP contribution in [0, 0.1) is 0 Å². The van der Waals surface area contributed by atoms with Crippen LogP contribution in [0.2, 0.25) is 5.02 Å². The molecule has 0 aliphatic carbocycles. The van der Waals surface area contributed by atoms with Crippen LogP contribution in [0.1, 0.15) is 13.8 Å². The Labute approximate surface area is 116 Å². The van der Waals surface area contributed by atoms with Crippen molar-refractivity contribution >= 4 is 40.0 Å². The molecule has 2 aromatic rings. The normalized spacial score (nSPS) is 11.3. The molecule has 0 atom stereocenters. The Bertz CT molecular complexity index is 510. The van der Waals surface area contributed by atoms with E-state index in [1.807, 2.05) is 12.1 Å². The van der Waals surface area contributed by atoms with Gasteiger partial charge in [-0.2, -0.15) is 8.75 Å². The predicted octanol–water partition coefficient (Wildman–Crippen LogP) is 3.10. The molecule has 0 bridgehead atoms. The van der Waals surface area contributed by atoms with Gasteiger partial charge in [0.25, 0.3) is 0 Å². The van der Waals surface area contributed by atoms with E-state index in [2.05, 4.69) is 32.8 Å². The lowest BCUT2D eigenvalue weighted by Crippen LogP contribution is -2.28. The lowest BCUT2D eigenvalue weighted by Gasteiger charge is -2.18. The number of rotatable bonds is 6. The van der Waals surface area contributed by atoms with Gasteiger partial charge in [-0.25, -0.2) is 0 Å². The van der Waals surface area contributed by atoms with E-state index >= 15 is 0 Å². The molecule has 1 heterocycles. The molecule has 4 nitrogen and oxygen atoms in total. The second-order valence-electron chi connectivity index (χ2n) is 4.01. The molecule has 0 saturated carbocycles. The van der Waals surface area contributed by atoms with Crippen molar-refractivity contribution in [2.45, 2.75) is 13.8 Å². The first-order valence-electron chi connectivity index (χ1n) is 6.13. The van der Waals surface area contributed by atoms with Crippen molar-refractivity contribution in [1.29, 1.82) is 0 Å². The molecule has 18 heavy (non-hydrogen) atoms. The summed E-state index contributed by atoms with van der Waals surface area (Å²) in [6.07, 6.45) is 0. The molecule has 1 aromatic heterocycles. The molecule has 1 N–H and O–H groups in total. The summed E-state index contributed by atoms with van der Waals surface area (Å²) in [7, 11) is 0. The largest absolute Gasteiger partial charge is 0.381 e. The molecule has 6 heteroatoms. The molecule has 0 radical (unpaired) electrons. The Kier molecular flexibility index (Phi) is 4.74. The Morgan fingerprint density at radius 2 is 2.06 bits per heavy atom. The maximum absolute atomic E-state index is 6.20. The fraction of sp³-hybridized carbons (Fsp3) is 0.500. The number of nitrogens with zero attached hydrogens (tertiary/aromatic N) is 3. The molecule has 0 saturated heterocycles. The van der Waals surface area contributed by atoms with E-state index in [0.717, 1.165) is 42.9 Å². The van der Waals surface area contributed by atoms with Gasteiger partial charge in [-0.1, -0.05) is 25.4 Å². The third kappa shape index (κ3) is 2.91. The second-order valence-corrected chi connectivity index (χ2v) is 4.94. The first-order chi connectivity index (χ1) is 8.76. The fourth-order valence-corrected chi connectivity index (χ4v) is 2.64. The van der Waals surface area contributed by atoms with Crippen LogP contribution in [0.3, 0.4) is 0 Å². The summed E-state index contributed by atoms with van der Waals surface area (Å²) in [6, 6.07) is 3.77. The predicted molar refractivity (Wildman–Crippen MR) is 78.7 cm³/mol. The van der Waals surface area contributed by atoms with Gasteiger partial charge in [-0.3, -0.25) is 0 Å². The van der Waals surface area contributed by atoms with Crippen molar-refractivity contribution in [1.82, 2.24) is 13.6 Å². The van der Waals surface area contributed by atoms with E-state index in [1.165, 1.54) is 11.7 Å². The number of aromatic nitrogens is 2. The van der Waals surface area contributed by atoms with Gasteiger partial charge in [0.05, 0.1) is 22.4 Å². The van der Waals surface area contributed by atoms with Gasteiger partial charge in [0, 0.05) is 13.1 Å². The summed E-state index contributed by atoms with van der Waals surface area (Å²) < 4.78 is 8.51. The molecule has 0 spiro atoms. The number of nitrogens with one attached hydrogen (secondary N) is 1. The molecular formula is C12H17ClN4S. The van der Waals surface area contributed by atoms with Gasteiger partial charge in [0.2, 0.25) is 0 Å². The zero-order chi connectivity index (χ0) is 13.0. The Balaban J connectivity index is 2.07. The summed E-state index contributed by atoms with van der Waals surface area (Å²) in [5, 5.41) is 4.08. The van der Waals surface area contributed by atoms with Gasteiger partial charge in [-0.05, 0) is 25.2 Å². The smallest absolute Gasteiger partial charge is 0.129 e. The highest BCUT2D eigenvalue weighted by atomic mass is 35.5. The van der Waals surface area contributed by atoms with E-state index in [0.29, 0.717) is 5.02 Å². The van der Waals surface area contributed by atoms with Crippen molar-refractivity contribution in [3.8, 4) is 0 Å². The van der Waals surface area contributed by atoms with Gasteiger partial charge in [-0.15, -0.1) is 0 Å². The summed E-state index contributed by atoms with van der Waals surface area (Å²) in [4.78, 5) is 2.36. The number of hydrogen-bond donors (Lipinski definition) is 1. The van der Waals surface area contributed by atoms with Gasteiger partial charge < -0.3 is 10.2 Å². The quantitative estimate of drug-likeness (QED) is 0.885. The van der Waals surface area contributed by atoms with Gasteiger partial charge in [0.1, 0.15) is 11.0 Å². The number of anilines is 1. The van der Waals surface area contributed by atoms with Crippen molar-refractivity contribution in [3.05, 3.63) is 17.2 Å². The van der Waals surface area contributed by atoms with Crippen LogP contribution in [0.4, 0.5) is 5.69 Å². The highest BCUT2D eigenvalue weighted by Crippen LogP contribution is 2.29. The van der Waals surface area contributed by atoms with E-state index in [1.54, 1.807) is 0 Å². The summed E-state index contributed by atoms with van der Waals surface area (Å²) in [5.41, 5.74) is 2.66. The zero-order valence-corrected chi connectivity index (χ0v) is 12.2. The lowest BCUT2D eigenvalue weighted by molar-refractivity contribution is 0.316. The van der Waals surface area contributed by atoms with Crippen LogP contribution in [-0.2, 0) is 0 Å². The van der Waals surface area contributed by atoms with Crippen LogP contribution in [0.15, 0.2) is 12.1 Å². The number of fused-ring (bicyclic) bond motifs is 1. The molecule has 0 aliphatic rings. The number of likely N-dealkylation sites (N-methyl/N-ethyl adjacent to an activating group) is 1. The van der Waals surface area contributed by atoms with E-state index in [9.17, 15) is 0 Å². The minimum Gasteiger partial charge on any atom is -0.381 e. The topological polar surface area (TPSA) is 41.0 Å². The molecule has 0 aliphatic heterocycles. The minimum absolute atomic E-state index is 0.703. The van der Waals surface area contributed by atoms with Crippen LogP contribution >= 0.6 is 23.3 Å². The third-order valence-electron chi connectivity index (χ3n) is 3.00. The van der Waals surface area contributed by atoms with Crippen molar-refractivity contribution < 1.29 is 0 Å². The number of benzene rings is 1. The van der Waals surface area contributed by atoms with Crippen molar-refractivity contribution in [3.63, 3.8) is 0 Å². The van der Waals surface area contributed by atoms with Crippen LogP contribution < -0.4 is 5.32 Å². The standard InChI is InChI=1S/C12H17ClN4S/c1-3-17(4-2)8-7-14-11-9(13)5-6-10-12(11)16-18-15-10/h5-6,14H,3-4,7-8H2,1-2H3. The van der Waals surface area contributed by atoms with Crippen LogP contribution in [0.5, 0.6) is 0 Å². The minimum atomic E-state index is 0.703. The SMILES string of the molecule is CCN(CC)CCNc1c(Cl)ccc2nsnc12. The Morgan fingerprint density at radius 3 is 2.78 bits per heavy atom. The summed E-state index contributed by atoms with van der Waals surface area (Å²) >= 11 is 7.42. The van der Waals surface area contributed by atoms with Crippen molar-refractivity contribution in [2.24, 2.45) is 0 Å². The Hall–Kier alpha value is -0.910. The second kappa shape index (κ2) is 6.31. The van der Waals surface area contributed by atoms with E-state index in [-0.39, 0.29) is 0 Å². The molecule has 0 fully saturated rings. The molecule has 2 rings (SSSR count). The monoisotopic (exact) mass is 284 g/mol. The molecule has 1 aromatic carbocycles. The first kappa shape index (κ1) is 13.5. The van der Waals surface area contributed by atoms with Crippen LogP contribution in [0.25, 0.3) is 11.0 Å². The third-order valence-corrected chi connectivity index (χ3v) is 3.86. The first-order valence-corrected chi connectivity index (χ1v) is 7.24. The van der Waals surface area contributed by atoms with E-state index < -0.39 is 0 Å². The molecule has 98 valence electrons. The fourth-order valence-electron chi connectivity index (χ4n) is 1.87. The lowest BCUT2D eigenvalue weighted by atomic mass is 10.2. The van der Waals surface area contributed by atoms with Gasteiger partial charge in [0.15, 0.2) is 0 Å². The summed E-state index contributed by atoms with van der Waals surface area (Å²) in [6.45, 7) is 8.32. The number of hydrogen-bond acceptors (Lipinski definition) is 5. The van der Waals surface area contributed by atoms with Gasteiger partial charge >= 0.3 is 0 Å². The summed E-state index contributed by atoms with van der Waals surface area (Å²) in [5.74, 6) is 0. The average Bonchev–Trinajstić information content (AvgIpc) is 2.85. The van der Waals surface area contributed by atoms with Crippen molar-refractivity contribution in [2.75, 3.05) is 31.5 Å².